The van der Waals surface area contributed by atoms with Crippen molar-refractivity contribution in [3.63, 3.8) is 0 Å². The summed E-state index contributed by atoms with van der Waals surface area (Å²) >= 11 is 0. The lowest BCUT2D eigenvalue weighted by Gasteiger charge is -2.47. The summed E-state index contributed by atoms with van der Waals surface area (Å²) in [5.74, 6) is -0.218. The molecule has 1 aromatic rings. The van der Waals surface area contributed by atoms with Crippen LogP contribution in [-0.2, 0) is 6.54 Å². The number of rotatable bonds is 3. The van der Waals surface area contributed by atoms with Gasteiger partial charge in [0.2, 0.25) is 0 Å². The van der Waals surface area contributed by atoms with Gasteiger partial charge >= 0.3 is 17.9 Å². The zero-order valence-electron chi connectivity index (χ0n) is 15.5. The van der Waals surface area contributed by atoms with Crippen molar-refractivity contribution in [2.75, 3.05) is 26.2 Å². The van der Waals surface area contributed by atoms with Gasteiger partial charge in [0.05, 0.1) is 12.6 Å². The maximum Gasteiger partial charge on any atom is 0.415 e. The van der Waals surface area contributed by atoms with Gasteiger partial charge in [0.15, 0.2) is 0 Å². The first-order chi connectivity index (χ1) is 12.0. The van der Waals surface area contributed by atoms with Crippen molar-refractivity contribution in [2.24, 2.45) is 5.41 Å². The average molecular weight is 367 g/mol. The molecule has 0 aromatic carbocycles. The third-order valence-corrected chi connectivity index (χ3v) is 5.02. The first-order valence-electron chi connectivity index (χ1n) is 8.61. The van der Waals surface area contributed by atoms with Crippen molar-refractivity contribution in [1.82, 2.24) is 19.4 Å². The molecule has 0 bridgehead atoms. The SMILES string of the molecule is CC1(CN2CCN(C(=O)O)[C@H](C(C)(C)C)C2)Cn2cc([N+](=O)[O-])nc2O1. The second kappa shape index (κ2) is 6.11. The topological polar surface area (TPSA) is 114 Å². The molecule has 26 heavy (non-hydrogen) atoms. The highest BCUT2D eigenvalue weighted by atomic mass is 16.6. The van der Waals surface area contributed by atoms with Crippen LogP contribution in [0.2, 0.25) is 0 Å². The second-order valence-electron chi connectivity index (χ2n) is 8.41. The first-order valence-corrected chi connectivity index (χ1v) is 8.61. The fourth-order valence-corrected chi connectivity index (χ4v) is 3.79. The third-order valence-electron chi connectivity index (χ3n) is 5.02. The van der Waals surface area contributed by atoms with Gasteiger partial charge in [-0.2, -0.15) is 0 Å². The minimum atomic E-state index is -0.889. The largest absolute Gasteiger partial charge is 0.465 e. The van der Waals surface area contributed by atoms with E-state index in [9.17, 15) is 20.0 Å². The van der Waals surface area contributed by atoms with E-state index in [0.29, 0.717) is 32.7 Å². The average Bonchev–Trinajstić information content (AvgIpc) is 3.00. The minimum Gasteiger partial charge on any atom is -0.465 e. The Morgan fingerprint density at radius 3 is 2.73 bits per heavy atom. The predicted molar refractivity (Wildman–Crippen MR) is 92.3 cm³/mol. The van der Waals surface area contributed by atoms with Gasteiger partial charge in [0, 0.05) is 31.2 Å². The maximum atomic E-state index is 11.5. The van der Waals surface area contributed by atoms with Crippen LogP contribution in [0.1, 0.15) is 27.7 Å². The Kier molecular flexibility index (Phi) is 4.33. The zero-order valence-corrected chi connectivity index (χ0v) is 15.5. The van der Waals surface area contributed by atoms with Gasteiger partial charge in [-0.05, 0) is 17.3 Å². The van der Waals surface area contributed by atoms with E-state index in [-0.39, 0.29) is 23.3 Å². The van der Waals surface area contributed by atoms with Crippen LogP contribution < -0.4 is 4.74 Å². The smallest absolute Gasteiger partial charge is 0.415 e. The Labute approximate surface area is 151 Å². The Morgan fingerprint density at radius 1 is 1.50 bits per heavy atom. The number of aromatic nitrogens is 2. The molecule has 1 amide bonds. The van der Waals surface area contributed by atoms with E-state index in [4.69, 9.17) is 4.74 Å². The van der Waals surface area contributed by atoms with Crippen molar-refractivity contribution in [2.45, 2.75) is 45.9 Å². The highest BCUT2D eigenvalue weighted by Gasteiger charge is 2.44. The van der Waals surface area contributed by atoms with E-state index in [1.54, 1.807) is 4.57 Å². The lowest BCUT2D eigenvalue weighted by atomic mass is 9.84. The lowest BCUT2D eigenvalue weighted by Crippen LogP contribution is -2.61. The van der Waals surface area contributed by atoms with Crippen LogP contribution in [0.5, 0.6) is 6.01 Å². The van der Waals surface area contributed by atoms with E-state index in [2.05, 4.69) is 9.88 Å². The second-order valence-corrected chi connectivity index (χ2v) is 8.41. The minimum absolute atomic E-state index is 0.114. The van der Waals surface area contributed by atoms with E-state index < -0.39 is 16.6 Å². The van der Waals surface area contributed by atoms with Crippen molar-refractivity contribution >= 4 is 11.9 Å². The first kappa shape index (κ1) is 18.4. The molecule has 2 atom stereocenters. The van der Waals surface area contributed by atoms with E-state index in [1.807, 2.05) is 27.7 Å². The van der Waals surface area contributed by atoms with Crippen molar-refractivity contribution < 1.29 is 19.6 Å². The van der Waals surface area contributed by atoms with Crippen molar-refractivity contribution in [3.05, 3.63) is 16.3 Å². The molecule has 1 saturated heterocycles. The standard InChI is InChI=1S/C16H25N5O5/c1-15(2,3)11-7-18(5-6-20(11)14(22)23)9-16(4)10-19-8-12(21(24)25)17-13(19)26-16/h8,11H,5-7,9-10H2,1-4H3,(H,22,23)/t11-,16?/m0/s1. The molecule has 1 unspecified atom stereocenters. The summed E-state index contributed by atoms with van der Waals surface area (Å²) in [4.78, 5) is 29.4. The van der Waals surface area contributed by atoms with E-state index in [0.717, 1.165) is 0 Å². The molecule has 144 valence electrons. The zero-order chi connectivity index (χ0) is 19.3. The third kappa shape index (κ3) is 3.46. The number of nitro groups is 1. The molecule has 1 N–H and O–H groups in total. The number of carboxylic acid groups (broad SMARTS) is 1. The summed E-state index contributed by atoms with van der Waals surface area (Å²) in [5.41, 5.74) is -0.729. The molecule has 2 aliphatic heterocycles. The predicted octanol–water partition coefficient (Wildman–Crippen LogP) is 1.65. The summed E-state index contributed by atoms with van der Waals surface area (Å²) in [6.07, 6.45) is 0.501. The van der Waals surface area contributed by atoms with Crippen LogP contribution in [0, 0.1) is 15.5 Å². The molecule has 10 nitrogen and oxygen atoms in total. The van der Waals surface area contributed by atoms with Gasteiger partial charge in [0.1, 0.15) is 11.8 Å². The maximum absolute atomic E-state index is 11.5. The molecule has 1 fully saturated rings. The molecule has 2 aliphatic rings. The van der Waals surface area contributed by atoms with Gasteiger partial charge in [-0.1, -0.05) is 20.8 Å². The number of nitrogens with zero attached hydrogens (tertiary/aromatic N) is 5. The number of hydrogen-bond acceptors (Lipinski definition) is 6. The van der Waals surface area contributed by atoms with Gasteiger partial charge < -0.3 is 24.9 Å². The molecular formula is C16H25N5O5. The summed E-state index contributed by atoms with van der Waals surface area (Å²) in [7, 11) is 0. The van der Waals surface area contributed by atoms with Gasteiger partial charge in [0.25, 0.3) is 0 Å². The van der Waals surface area contributed by atoms with Crippen LogP contribution in [0.4, 0.5) is 10.6 Å². The van der Waals surface area contributed by atoms with Crippen LogP contribution in [0.15, 0.2) is 6.20 Å². The summed E-state index contributed by atoms with van der Waals surface area (Å²) in [6, 6.07) is 0.146. The van der Waals surface area contributed by atoms with Crippen LogP contribution in [0.25, 0.3) is 0 Å². The molecule has 0 aliphatic carbocycles. The highest BCUT2D eigenvalue weighted by molar-refractivity contribution is 5.65. The van der Waals surface area contributed by atoms with Crippen LogP contribution >= 0.6 is 0 Å². The number of hydrogen-bond donors (Lipinski definition) is 1. The summed E-state index contributed by atoms with van der Waals surface area (Å²) in [5, 5.41) is 20.3. The molecule has 3 heterocycles. The molecule has 0 spiro atoms. The number of imidazole rings is 1. The molecular weight excluding hydrogens is 342 g/mol. The number of fused-ring (bicyclic) bond motifs is 1. The van der Waals surface area contributed by atoms with E-state index in [1.165, 1.54) is 11.1 Å². The van der Waals surface area contributed by atoms with Crippen LogP contribution in [-0.4, -0.2) is 73.3 Å². The number of amides is 1. The molecule has 1 aromatic heterocycles. The Morgan fingerprint density at radius 2 is 2.19 bits per heavy atom. The monoisotopic (exact) mass is 367 g/mol. The summed E-state index contributed by atoms with van der Waals surface area (Å²) < 4.78 is 7.56. The Balaban J connectivity index is 1.68. The normalized spacial score (nSPS) is 26.5. The number of piperazine rings is 1. The van der Waals surface area contributed by atoms with Crippen molar-refractivity contribution in [3.8, 4) is 6.01 Å². The fourth-order valence-electron chi connectivity index (χ4n) is 3.79. The van der Waals surface area contributed by atoms with E-state index >= 15 is 0 Å². The van der Waals surface area contributed by atoms with Gasteiger partial charge in [-0.15, -0.1) is 0 Å². The number of ether oxygens (including phenoxy) is 1. The van der Waals surface area contributed by atoms with Crippen LogP contribution in [0.3, 0.4) is 0 Å². The Bertz CT molecular complexity index is 702. The van der Waals surface area contributed by atoms with Gasteiger partial charge in [-0.25, -0.2) is 4.79 Å². The quantitative estimate of drug-likeness (QED) is 0.638. The fraction of sp³-hybridized carbons (Fsp3) is 0.750. The molecule has 3 rings (SSSR count). The molecule has 0 saturated carbocycles. The summed E-state index contributed by atoms with van der Waals surface area (Å²) in [6.45, 7) is 10.8. The lowest BCUT2D eigenvalue weighted by molar-refractivity contribution is -0.389. The van der Waals surface area contributed by atoms with Crippen molar-refractivity contribution in [1.29, 1.82) is 0 Å². The Hall–Kier alpha value is -2.36. The number of carbonyl (C=O) groups is 1. The highest BCUT2D eigenvalue weighted by Crippen LogP contribution is 2.33. The van der Waals surface area contributed by atoms with Gasteiger partial charge in [-0.3, -0.25) is 9.47 Å². The molecule has 10 heteroatoms. The molecule has 0 radical (unpaired) electrons.